The van der Waals surface area contributed by atoms with E-state index in [1.807, 2.05) is 60.7 Å². The monoisotopic (exact) mass is 321 g/mol. The van der Waals surface area contributed by atoms with Crippen LogP contribution in [0.15, 0.2) is 60.7 Å². The Bertz CT molecular complexity index is 806. The SMILES string of the molecule is COc1cc(-c2cccc(-c3ccccc3)n2)cc(OC)c1OC. The fourth-order valence-corrected chi connectivity index (χ4v) is 2.59. The lowest BCUT2D eigenvalue weighted by molar-refractivity contribution is 0.324. The second kappa shape index (κ2) is 7.04. The molecule has 0 fully saturated rings. The van der Waals surface area contributed by atoms with Crippen molar-refractivity contribution in [3.63, 3.8) is 0 Å². The number of hydrogen-bond donors (Lipinski definition) is 0. The van der Waals surface area contributed by atoms with Crippen molar-refractivity contribution in [1.82, 2.24) is 4.98 Å². The zero-order valence-corrected chi connectivity index (χ0v) is 13.9. The van der Waals surface area contributed by atoms with Gasteiger partial charge in [0.15, 0.2) is 11.5 Å². The van der Waals surface area contributed by atoms with E-state index < -0.39 is 0 Å². The molecule has 0 atom stereocenters. The lowest BCUT2D eigenvalue weighted by Gasteiger charge is -2.14. The van der Waals surface area contributed by atoms with Gasteiger partial charge in [-0.15, -0.1) is 0 Å². The molecule has 24 heavy (non-hydrogen) atoms. The van der Waals surface area contributed by atoms with Crippen LogP contribution < -0.4 is 14.2 Å². The summed E-state index contributed by atoms with van der Waals surface area (Å²) >= 11 is 0. The van der Waals surface area contributed by atoms with Crippen molar-refractivity contribution in [2.24, 2.45) is 0 Å². The van der Waals surface area contributed by atoms with Crippen LogP contribution in [0.1, 0.15) is 0 Å². The summed E-state index contributed by atoms with van der Waals surface area (Å²) in [7, 11) is 4.80. The van der Waals surface area contributed by atoms with Crippen molar-refractivity contribution in [1.29, 1.82) is 0 Å². The number of rotatable bonds is 5. The molecule has 1 heterocycles. The van der Waals surface area contributed by atoms with Gasteiger partial charge in [-0.25, -0.2) is 4.98 Å². The maximum atomic E-state index is 5.42. The minimum Gasteiger partial charge on any atom is -0.493 e. The lowest BCUT2D eigenvalue weighted by Crippen LogP contribution is -1.96. The Morgan fingerprint density at radius 2 is 1.21 bits per heavy atom. The van der Waals surface area contributed by atoms with E-state index in [0.29, 0.717) is 17.2 Å². The van der Waals surface area contributed by atoms with Crippen LogP contribution in [0.5, 0.6) is 17.2 Å². The predicted octanol–water partition coefficient (Wildman–Crippen LogP) is 4.44. The predicted molar refractivity (Wildman–Crippen MR) is 94.8 cm³/mol. The zero-order valence-electron chi connectivity index (χ0n) is 13.9. The molecule has 0 aliphatic carbocycles. The molecule has 3 rings (SSSR count). The molecule has 3 aromatic rings. The number of nitrogens with zero attached hydrogens (tertiary/aromatic N) is 1. The van der Waals surface area contributed by atoms with Gasteiger partial charge in [0.05, 0.1) is 32.7 Å². The van der Waals surface area contributed by atoms with Crippen molar-refractivity contribution < 1.29 is 14.2 Å². The first-order chi connectivity index (χ1) is 11.8. The highest BCUT2D eigenvalue weighted by molar-refractivity contribution is 5.71. The van der Waals surface area contributed by atoms with E-state index in [9.17, 15) is 0 Å². The van der Waals surface area contributed by atoms with Crippen molar-refractivity contribution in [3.8, 4) is 39.8 Å². The molecule has 0 saturated carbocycles. The van der Waals surface area contributed by atoms with E-state index in [1.54, 1.807) is 21.3 Å². The Kier molecular flexibility index (Phi) is 4.66. The molecule has 0 aliphatic heterocycles. The zero-order chi connectivity index (χ0) is 16.9. The fourth-order valence-electron chi connectivity index (χ4n) is 2.59. The summed E-state index contributed by atoms with van der Waals surface area (Å²) in [5.41, 5.74) is 3.74. The fraction of sp³-hybridized carbons (Fsp3) is 0.150. The van der Waals surface area contributed by atoms with E-state index >= 15 is 0 Å². The molecular weight excluding hydrogens is 302 g/mol. The van der Waals surface area contributed by atoms with Crippen LogP contribution >= 0.6 is 0 Å². The molecule has 1 aromatic heterocycles. The van der Waals surface area contributed by atoms with Gasteiger partial charge in [-0.05, 0) is 24.3 Å². The van der Waals surface area contributed by atoms with E-state index in [2.05, 4.69) is 0 Å². The molecule has 0 spiro atoms. The molecule has 0 N–H and O–H groups in total. The van der Waals surface area contributed by atoms with Crippen molar-refractivity contribution in [3.05, 3.63) is 60.7 Å². The van der Waals surface area contributed by atoms with E-state index in [-0.39, 0.29) is 0 Å². The van der Waals surface area contributed by atoms with Crippen LogP contribution in [0.2, 0.25) is 0 Å². The molecule has 0 unspecified atom stereocenters. The summed E-state index contributed by atoms with van der Waals surface area (Å²) in [5.74, 6) is 1.79. The number of ether oxygens (including phenoxy) is 3. The first kappa shape index (κ1) is 15.9. The van der Waals surface area contributed by atoms with Gasteiger partial charge < -0.3 is 14.2 Å². The maximum Gasteiger partial charge on any atom is 0.203 e. The highest BCUT2D eigenvalue weighted by Crippen LogP contribution is 2.41. The van der Waals surface area contributed by atoms with E-state index in [0.717, 1.165) is 22.5 Å². The Morgan fingerprint density at radius 1 is 0.625 bits per heavy atom. The van der Waals surface area contributed by atoms with Gasteiger partial charge in [0.2, 0.25) is 5.75 Å². The van der Waals surface area contributed by atoms with Crippen LogP contribution in [-0.2, 0) is 0 Å². The van der Waals surface area contributed by atoms with Crippen molar-refractivity contribution in [2.75, 3.05) is 21.3 Å². The second-order valence-electron chi connectivity index (χ2n) is 5.19. The Balaban J connectivity index is 2.09. The molecule has 0 aliphatic rings. The Hall–Kier alpha value is -3.01. The van der Waals surface area contributed by atoms with Crippen LogP contribution in [-0.4, -0.2) is 26.3 Å². The average Bonchev–Trinajstić information content (AvgIpc) is 2.67. The topological polar surface area (TPSA) is 40.6 Å². The van der Waals surface area contributed by atoms with Gasteiger partial charge >= 0.3 is 0 Å². The van der Waals surface area contributed by atoms with Gasteiger partial charge in [0.1, 0.15) is 0 Å². The van der Waals surface area contributed by atoms with E-state index in [1.165, 1.54) is 0 Å². The van der Waals surface area contributed by atoms with Gasteiger partial charge in [0, 0.05) is 11.1 Å². The molecule has 0 saturated heterocycles. The number of pyridine rings is 1. The second-order valence-corrected chi connectivity index (χ2v) is 5.19. The van der Waals surface area contributed by atoms with Crippen molar-refractivity contribution >= 4 is 0 Å². The smallest absolute Gasteiger partial charge is 0.203 e. The molecular formula is C20H19NO3. The van der Waals surface area contributed by atoms with Gasteiger partial charge in [-0.3, -0.25) is 0 Å². The molecule has 122 valence electrons. The number of hydrogen-bond acceptors (Lipinski definition) is 4. The quantitative estimate of drug-likeness (QED) is 0.696. The summed E-state index contributed by atoms with van der Waals surface area (Å²) in [4.78, 5) is 4.77. The third-order valence-corrected chi connectivity index (χ3v) is 3.78. The molecule has 4 nitrogen and oxygen atoms in total. The van der Waals surface area contributed by atoms with Crippen molar-refractivity contribution in [2.45, 2.75) is 0 Å². The highest BCUT2D eigenvalue weighted by atomic mass is 16.5. The number of aromatic nitrogens is 1. The Morgan fingerprint density at radius 3 is 1.75 bits per heavy atom. The minimum atomic E-state index is 0.572. The molecule has 2 aromatic carbocycles. The summed E-state index contributed by atoms with van der Waals surface area (Å²) in [6.45, 7) is 0. The van der Waals surface area contributed by atoms with Gasteiger partial charge in [-0.2, -0.15) is 0 Å². The third kappa shape index (κ3) is 3.04. The summed E-state index contributed by atoms with van der Waals surface area (Å²) < 4.78 is 16.2. The lowest BCUT2D eigenvalue weighted by atomic mass is 10.1. The van der Waals surface area contributed by atoms with Crippen LogP contribution in [0, 0.1) is 0 Å². The first-order valence-corrected chi connectivity index (χ1v) is 7.59. The van der Waals surface area contributed by atoms with Crippen LogP contribution in [0.4, 0.5) is 0 Å². The van der Waals surface area contributed by atoms with Gasteiger partial charge in [-0.1, -0.05) is 36.4 Å². The summed E-state index contributed by atoms with van der Waals surface area (Å²) in [5, 5.41) is 0. The average molecular weight is 321 g/mol. The molecule has 0 amide bonds. The van der Waals surface area contributed by atoms with Gasteiger partial charge in [0.25, 0.3) is 0 Å². The standard InChI is InChI=1S/C20H19NO3/c1-22-18-12-15(13-19(23-2)20(18)24-3)17-11-7-10-16(21-17)14-8-5-4-6-9-14/h4-13H,1-3H3. The maximum absolute atomic E-state index is 5.42. The van der Waals surface area contributed by atoms with E-state index in [4.69, 9.17) is 19.2 Å². The largest absolute Gasteiger partial charge is 0.493 e. The summed E-state index contributed by atoms with van der Waals surface area (Å²) in [6, 6.07) is 19.8. The first-order valence-electron chi connectivity index (χ1n) is 7.59. The molecule has 0 bridgehead atoms. The molecule has 4 heteroatoms. The molecule has 0 radical (unpaired) electrons. The minimum absolute atomic E-state index is 0.572. The highest BCUT2D eigenvalue weighted by Gasteiger charge is 2.15. The number of benzene rings is 2. The third-order valence-electron chi connectivity index (χ3n) is 3.78. The number of methoxy groups -OCH3 is 3. The Labute approximate surface area is 141 Å². The van der Waals surface area contributed by atoms with Crippen LogP contribution in [0.3, 0.4) is 0 Å². The normalized spacial score (nSPS) is 10.3. The summed E-state index contributed by atoms with van der Waals surface area (Å²) in [6.07, 6.45) is 0. The van der Waals surface area contributed by atoms with Crippen LogP contribution in [0.25, 0.3) is 22.5 Å².